The molecule has 0 atom stereocenters. The molecule has 0 bridgehead atoms. The second-order valence-electron chi connectivity index (χ2n) is 3.52. The van der Waals surface area contributed by atoms with Gasteiger partial charge in [0, 0.05) is 0 Å². The van der Waals surface area contributed by atoms with Crippen molar-refractivity contribution in [2.75, 3.05) is 0 Å². The molecule has 1 aromatic rings. The van der Waals surface area contributed by atoms with Gasteiger partial charge in [0.15, 0.2) is 0 Å². The highest BCUT2D eigenvalue weighted by atomic mass is 14.0. The highest BCUT2D eigenvalue weighted by Crippen LogP contribution is 2.08. The van der Waals surface area contributed by atoms with E-state index >= 15 is 0 Å². The lowest BCUT2D eigenvalue weighted by molar-refractivity contribution is 0.647. The van der Waals surface area contributed by atoms with Crippen molar-refractivity contribution in [1.29, 1.82) is 0 Å². The molecule has 0 amide bonds. The van der Waals surface area contributed by atoms with E-state index in [-0.39, 0.29) is 0 Å². The van der Waals surface area contributed by atoms with E-state index in [0.717, 1.165) is 12.3 Å². The molecular formula is C11H15. The van der Waals surface area contributed by atoms with Gasteiger partial charge in [-0.1, -0.05) is 37.6 Å². The molecule has 1 radical (unpaired) electrons. The Hall–Kier alpha value is -0.780. The summed E-state index contributed by atoms with van der Waals surface area (Å²) in [5.41, 5.74) is 2.71. The first kappa shape index (κ1) is 8.32. The van der Waals surface area contributed by atoms with Crippen molar-refractivity contribution in [3.63, 3.8) is 0 Å². The SMILES string of the molecule is Cc1c[c]cc(CC(C)C)c1. The Bertz CT molecular complexity index is 223. The Balaban J connectivity index is 2.71. The van der Waals surface area contributed by atoms with Crippen LogP contribution in [0.3, 0.4) is 0 Å². The van der Waals surface area contributed by atoms with Gasteiger partial charge in [0.1, 0.15) is 0 Å². The van der Waals surface area contributed by atoms with Crippen molar-refractivity contribution < 1.29 is 0 Å². The summed E-state index contributed by atoms with van der Waals surface area (Å²) >= 11 is 0. The summed E-state index contributed by atoms with van der Waals surface area (Å²) in [5.74, 6) is 0.741. The van der Waals surface area contributed by atoms with Crippen LogP contribution >= 0.6 is 0 Å². The molecule has 0 unspecified atom stereocenters. The van der Waals surface area contributed by atoms with Crippen LogP contribution in [0.15, 0.2) is 18.2 Å². The van der Waals surface area contributed by atoms with Gasteiger partial charge in [-0.2, -0.15) is 0 Å². The second kappa shape index (κ2) is 3.56. The number of hydrogen-bond acceptors (Lipinski definition) is 0. The van der Waals surface area contributed by atoms with Crippen molar-refractivity contribution >= 4 is 0 Å². The first-order valence-corrected chi connectivity index (χ1v) is 4.15. The Morgan fingerprint density at radius 3 is 2.64 bits per heavy atom. The van der Waals surface area contributed by atoms with Gasteiger partial charge in [-0.25, -0.2) is 0 Å². The van der Waals surface area contributed by atoms with Crippen LogP contribution in [-0.2, 0) is 6.42 Å². The molecule has 0 fully saturated rings. The number of benzene rings is 1. The summed E-state index contributed by atoms with van der Waals surface area (Å²) in [7, 11) is 0. The monoisotopic (exact) mass is 147 g/mol. The highest BCUT2D eigenvalue weighted by Gasteiger charge is 1.96. The van der Waals surface area contributed by atoms with E-state index in [1.54, 1.807) is 0 Å². The molecule has 11 heavy (non-hydrogen) atoms. The molecule has 1 aromatic carbocycles. The fraction of sp³-hybridized carbons (Fsp3) is 0.455. The predicted molar refractivity (Wildman–Crippen MR) is 48.6 cm³/mol. The van der Waals surface area contributed by atoms with Crippen molar-refractivity contribution in [2.45, 2.75) is 27.2 Å². The third-order valence-corrected chi connectivity index (χ3v) is 1.64. The molecule has 0 N–H and O–H groups in total. The van der Waals surface area contributed by atoms with E-state index in [1.807, 2.05) is 6.07 Å². The Morgan fingerprint density at radius 1 is 1.36 bits per heavy atom. The lowest BCUT2D eigenvalue weighted by Gasteiger charge is -2.04. The number of rotatable bonds is 2. The number of aryl methyl sites for hydroxylation is 1. The number of hydrogen-bond donors (Lipinski definition) is 0. The molecule has 0 aliphatic rings. The average Bonchev–Trinajstić information content (AvgIpc) is 1.85. The van der Waals surface area contributed by atoms with Crippen LogP contribution in [0.25, 0.3) is 0 Å². The highest BCUT2D eigenvalue weighted by molar-refractivity contribution is 5.21. The molecule has 0 aliphatic carbocycles. The third-order valence-electron chi connectivity index (χ3n) is 1.64. The minimum Gasteiger partial charge on any atom is -0.0625 e. The molecule has 1 rings (SSSR count). The van der Waals surface area contributed by atoms with Gasteiger partial charge >= 0.3 is 0 Å². The van der Waals surface area contributed by atoms with Crippen LogP contribution in [0.5, 0.6) is 0 Å². The molecule has 0 heterocycles. The Labute approximate surface area is 69.3 Å². The van der Waals surface area contributed by atoms with E-state index in [2.05, 4.69) is 39.0 Å². The molecule has 0 saturated carbocycles. The normalized spacial score (nSPS) is 10.5. The summed E-state index contributed by atoms with van der Waals surface area (Å²) in [5, 5.41) is 0. The lowest BCUT2D eigenvalue weighted by atomic mass is 10.0. The molecule has 0 aromatic heterocycles. The van der Waals surface area contributed by atoms with Gasteiger partial charge in [0.25, 0.3) is 0 Å². The summed E-state index contributed by atoms with van der Waals surface area (Å²) in [6, 6.07) is 9.46. The van der Waals surface area contributed by atoms with Crippen molar-refractivity contribution in [3.8, 4) is 0 Å². The van der Waals surface area contributed by atoms with E-state index < -0.39 is 0 Å². The lowest BCUT2D eigenvalue weighted by Crippen LogP contribution is -1.93. The van der Waals surface area contributed by atoms with Crippen LogP contribution in [0.4, 0.5) is 0 Å². The maximum Gasteiger partial charge on any atom is -0.0178 e. The smallest absolute Gasteiger partial charge is 0.0178 e. The zero-order valence-electron chi connectivity index (χ0n) is 7.52. The Morgan fingerprint density at radius 2 is 2.09 bits per heavy atom. The first-order chi connectivity index (χ1) is 5.18. The first-order valence-electron chi connectivity index (χ1n) is 4.15. The van der Waals surface area contributed by atoms with E-state index in [4.69, 9.17) is 0 Å². The van der Waals surface area contributed by atoms with Gasteiger partial charge in [0.2, 0.25) is 0 Å². The summed E-state index contributed by atoms with van der Waals surface area (Å²) < 4.78 is 0. The van der Waals surface area contributed by atoms with Crippen LogP contribution in [0.1, 0.15) is 25.0 Å². The van der Waals surface area contributed by atoms with Gasteiger partial charge in [0.05, 0.1) is 0 Å². The zero-order valence-corrected chi connectivity index (χ0v) is 7.52. The molecule has 0 saturated heterocycles. The van der Waals surface area contributed by atoms with E-state index in [0.29, 0.717) is 0 Å². The Kier molecular flexibility index (Phi) is 2.70. The molecule has 0 spiro atoms. The quantitative estimate of drug-likeness (QED) is 0.603. The van der Waals surface area contributed by atoms with Gasteiger partial charge in [-0.05, 0) is 30.9 Å². The fourth-order valence-electron chi connectivity index (χ4n) is 1.25. The van der Waals surface area contributed by atoms with Crippen molar-refractivity contribution in [1.82, 2.24) is 0 Å². The second-order valence-corrected chi connectivity index (χ2v) is 3.52. The molecule has 0 heteroatoms. The summed E-state index contributed by atoms with van der Waals surface area (Å²) in [6.07, 6.45) is 1.16. The van der Waals surface area contributed by atoms with Crippen LogP contribution < -0.4 is 0 Å². The van der Waals surface area contributed by atoms with Crippen molar-refractivity contribution in [2.24, 2.45) is 5.92 Å². The minimum atomic E-state index is 0.741. The van der Waals surface area contributed by atoms with Gasteiger partial charge in [-0.15, -0.1) is 0 Å². The van der Waals surface area contributed by atoms with Crippen LogP contribution in [-0.4, -0.2) is 0 Å². The fourth-order valence-corrected chi connectivity index (χ4v) is 1.25. The average molecular weight is 147 g/mol. The molecule has 0 nitrogen and oxygen atoms in total. The summed E-state index contributed by atoms with van der Waals surface area (Å²) in [6.45, 7) is 6.59. The van der Waals surface area contributed by atoms with Crippen LogP contribution in [0.2, 0.25) is 0 Å². The van der Waals surface area contributed by atoms with Crippen LogP contribution in [0, 0.1) is 18.9 Å². The zero-order chi connectivity index (χ0) is 8.27. The predicted octanol–water partition coefficient (Wildman–Crippen LogP) is 2.99. The van der Waals surface area contributed by atoms with Crippen molar-refractivity contribution in [3.05, 3.63) is 35.4 Å². The largest absolute Gasteiger partial charge is 0.0625 e. The summed E-state index contributed by atoms with van der Waals surface area (Å²) in [4.78, 5) is 0. The topological polar surface area (TPSA) is 0 Å². The maximum atomic E-state index is 3.13. The minimum absolute atomic E-state index is 0.741. The molecule has 59 valence electrons. The standard InChI is InChI=1S/C11H15/c1-9(2)7-11-6-4-5-10(3)8-11/h5-6,8-9H,7H2,1-3H3. The van der Waals surface area contributed by atoms with Gasteiger partial charge in [-0.3, -0.25) is 0 Å². The van der Waals surface area contributed by atoms with E-state index in [9.17, 15) is 0 Å². The van der Waals surface area contributed by atoms with Gasteiger partial charge < -0.3 is 0 Å². The third kappa shape index (κ3) is 2.75. The van der Waals surface area contributed by atoms with E-state index in [1.165, 1.54) is 11.1 Å². The molecule has 0 aliphatic heterocycles. The maximum absolute atomic E-state index is 3.13. The molecular weight excluding hydrogens is 132 g/mol.